The molecule has 0 spiro atoms. The summed E-state index contributed by atoms with van der Waals surface area (Å²) in [6.07, 6.45) is 10.1. The molecule has 2 rings (SSSR count). The van der Waals surface area contributed by atoms with Gasteiger partial charge in [-0.3, -0.25) is 4.90 Å². The van der Waals surface area contributed by atoms with Crippen LogP contribution in [0.5, 0.6) is 0 Å². The summed E-state index contributed by atoms with van der Waals surface area (Å²) in [5, 5.41) is 3.55. The molecule has 1 aliphatic carbocycles. The molecule has 104 valence electrons. The minimum Gasteiger partial charge on any atom is -0.315 e. The molecule has 4 heteroatoms. The second-order valence-electron chi connectivity index (χ2n) is 5.12. The highest BCUT2D eigenvalue weighted by Gasteiger charge is 2.27. The van der Waals surface area contributed by atoms with Crippen molar-refractivity contribution < 1.29 is 0 Å². The van der Waals surface area contributed by atoms with E-state index in [9.17, 15) is 0 Å². The zero-order chi connectivity index (χ0) is 10.5. The lowest BCUT2D eigenvalue weighted by atomic mass is 9.92. The molecule has 1 aliphatic heterocycles. The first-order valence-electron chi connectivity index (χ1n) is 6.88. The summed E-state index contributed by atoms with van der Waals surface area (Å²) >= 11 is 0. The van der Waals surface area contributed by atoms with Crippen molar-refractivity contribution in [2.75, 3.05) is 19.6 Å². The third-order valence-electron chi connectivity index (χ3n) is 4.15. The molecular weight excluding hydrogens is 255 g/mol. The Balaban J connectivity index is 0.00000128. The van der Waals surface area contributed by atoms with E-state index in [0.717, 1.165) is 12.1 Å². The molecular formula is C13H28Cl2N2. The number of piperidine rings is 1. The third kappa shape index (κ3) is 4.94. The molecule has 1 atom stereocenters. The van der Waals surface area contributed by atoms with E-state index >= 15 is 0 Å². The normalized spacial score (nSPS) is 26.1. The van der Waals surface area contributed by atoms with Crippen LogP contribution >= 0.6 is 24.8 Å². The van der Waals surface area contributed by atoms with E-state index in [0.29, 0.717) is 0 Å². The third-order valence-corrected chi connectivity index (χ3v) is 4.15. The minimum absolute atomic E-state index is 0. The van der Waals surface area contributed by atoms with Crippen molar-refractivity contribution in [1.29, 1.82) is 0 Å². The van der Waals surface area contributed by atoms with Gasteiger partial charge in [0.1, 0.15) is 0 Å². The van der Waals surface area contributed by atoms with Crippen LogP contribution in [-0.4, -0.2) is 36.6 Å². The number of hydrogen-bond acceptors (Lipinski definition) is 2. The first-order valence-corrected chi connectivity index (χ1v) is 6.88. The predicted molar refractivity (Wildman–Crippen MR) is 79.6 cm³/mol. The van der Waals surface area contributed by atoms with Crippen LogP contribution in [0.25, 0.3) is 0 Å². The Labute approximate surface area is 119 Å². The minimum atomic E-state index is 0. The lowest BCUT2D eigenvalue weighted by Gasteiger charge is -2.41. The summed E-state index contributed by atoms with van der Waals surface area (Å²) in [5.74, 6) is 0. The van der Waals surface area contributed by atoms with Crippen molar-refractivity contribution in [3.05, 3.63) is 0 Å². The number of hydrogen-bond donors (Lipinski definition) is 1. The number of rotatable bonds is 3. The number of halogens is 2. The zero-order valence-corrected chi connectivity index (χ0v) is 12.6. The second-order valence-corrected chi connectivity index (χ2v) is 5.12. The number of nitrogens with zero attached hydrogens (tertiary/aromatic N) is 1. The van der Waals surface area contributed by atoms with Gasteiger partial charge in [-0.25, -0.2) is 0 Å². The summed E-state index contributed by atoms with van der Waals surface area (Å²) in [6, 6.07) is 1.72. The molecule has 1 unspecified atom stereocenters. The molecule has 0 radical (unpaired) electrons. The highest BCUT2D eigenvalue weighted by Crippen LogP contribution is 2.25. The van der Waals surface area contributed by atoms with Crippen LogP contribution in [0.3, 0.4) is 0 Å². The molecule has 1 saturated carbocycles. The Morgan fingerprint density at radius 2 is 1.59 bits per heavy atom. The van der Waals surface area contributed by atoms with Gasteiger partial charge in [-0.15, -0.1) is 24.8 Å². The Kier molecular flexibility index (Phi) is 9.71. The largest absolute Gasteiger partial charge is 0.315 e. The van der Waals surface area contributed by atoms with Gasteiger partial charge in [-0.1, -0.05) is 26.2 Å². The molecule has 17 heavy (non-hydrogen) atoms. The first kappa shape index (κ1) is 17.5. The molecule has 2 fully saturated rings. The fourth-order valence-electron chi connectivity index (χ4n) is 3.34. The fraction of sp³-hybridized carbons (Fsp3) is 1.00. The summed E-state index contributed by atoms with van der Waals surface area (Å²) in [4.78, 5) is 2.78. The smallest absolute Gasteiger partial charge is 0.0223 e. The summed E-state index contributed by atoms with van der Waals surface area (Å²) in [5.41, 5.74) is 0. The quantitative estimate of drug-likeness (QED) is 0.855. The van der Waals surface area contributed by atoms with Crippen molar-refractivity contribution in [3.8, 4) is 0 Å². The SMILES string of the molecule is CCN(C1CCCCC1)C1CCCNC1.Cl.Cl. The lowest BCUT2D eigenvalue weighted by molar-refractivity contribution is 0.0939. The molecule has 0 amide bonds. The van der Waals surface area contributed by atoms with E-state index in [1.807, 2.05) is 0 Å². The molecule has 0 aromatic rings. The standard InChI is InChI=1S/C13H26N2.2ClH/c1-2-15(12-7-4-3-5-8-12)13-9-6-10-14-11-13;;/h12-14H,2-11H2,1H3;2*1H. The van der Waals surface area contributed by atoms with Gasteiger partial charge in [0, 0.05) is 18.6 Å². The van der Waals surface area contributed by atoms with Crippen LogP contribution in [0.4, 0.5) is 0 Å². The Bertz CT molecular complexity index is 160. The molecule has 2 nitrogen and oxygen atoms in total. The van der Waals surface area contributed by atoms with Crippen LogP contribution in [0.15, 0.2) is 0 Å². The predicted octanol–water partition coefficient (Wildman–Crippen LogP) is 3.24. The van der Waals surface area contributed by atoms with E-state index in [1.165, 1.54) is 64.6 Å². The maximum absolute atomic E-state index is 3.55. The van der Waals surface area contributed by atoms with Crippen molar-refractivity contribution in [2.24, 2.45) is 0 Å². The van der Waals surface area contributed by atoms with Gasteiger partial charge in [0.05, 0.1) is 0 Å². The molecule has 1 N–H and O–H groups in total. The average molecular weight is 283 g/mol. The zero-order valence-electron chi connectivity index (χ0n) is 11.0. The van der Waals surface area contributed by atoms with Crippen LogP contribution in [0, 0.1) is 0 Å². The van der Waals surface area contributed by atoms with E-state index in [-0.39, 0.29) is 24.8 Å². The molecule has 1 saturated heterocycles. The van der Waals surface area contributed by atoms with Gasteiger partial charge in [0.25, 0.3) is 0 Å². The van der Waals surface area contributed by atoms with Crippen molar-refractivity contribution in [2.45, 2.75) is 64.0 Å². The van der Waals surface area contributed by atoms with Crippen LogP contribution < -0.4 is 5.32 Å². The molecule has 2 aliphatic rings. The van der Waals surface area contributed by atoms with E-state index in [1.54, 1.807) is 0 Å². The van der Waals surface area contributed by atoms with E-state index < -0.39 is 0 Å². The Hall–Kier alpha value is 0.500. The van der Waals surface area contributed by atoms with Gasteiger partial charge >= 0.3 is 0 Å². The summed E-state index contributed by atoms with van der Waals surface area (Å²) < 4.78 is 0. The van der Waals surface area contributed by atoms with Crippen LogP contribution in [0.1, 0.15) is 51.9 Å². The van der Waals surface area contributed by atoms with Gasteiger partial charge in [0.2, 0.25) is 0 Å². The Morgan fingerprint density at radius 1 is 0.941 bits per heavy atom. The fourth-order valence-corrected chi connectivity index (χ4v) is 3.34. The Morgan fingerprint density at radius 3 is 2.12 bits per heavy atom. The van der Waals surface area contributed by atoms with Crippen molar-refractivity contribution >= 4 is 24.8 Å². The number of likely N-dealkylation sites (N-methyl/N-ethyl adjacent to an activating group) is 1. The second kappa shape index (κ2) is 9.43. The maximum atomic E-state index is 3.55. The maximum Gasteiger partial charge on any atom is 0.0223 e. The van der Waals surface area contributed by atoms with Gasteiger partial charge < -0.3 is 5.32 Å². The average Bonchev–Trinajstić information content (AvgIpc) is 2.33. The van der Waals surface area contributed by atoms with E-state index in [4.69, 9.17) is 0 Å². The topological polar surface area (TPSA) is 15.3 Å². The molecule has 1 heterocycles. The highest BCUT2D eigenvalue weighted by atomic mass is 35.5. The summed E-state index contributed by atoms with van der Waals surface area (Å²) in [7, 11) is 0. The monoisotopic (exact) mass is 282 g/mol. The lowest BCUT2D eigenvalue weighted by Crippen LogP contribution is -2.50. The van der Waals surface area contributed by atoms with Gasteiger partial charge in [-0.2, -0.15) is 0 Å². The van der Waals surface area contributed by atoms with Gasteiger partial charge in [0.15, 0.2) is 0 Å². The van der Waals surface area contributed by atoms with E-state index in [2.05, 4.69) is 17.1 Å². The van der Waals surface area contributed by atoms with Crippen LogP contribution in [0.2, 0.25) is 0 Å². The highest BCUT2D eigenvalue weighted by molar-refractivity contribution is 5.85. The van der Waals surface area contributed by atoms with Crippen molar-refractivity contribution in [1.82, 2.24) is 10.2 Å². The molecule has 0 aromatic carbocycles. The van der Waals surface area contributed by atoms with Gasteiger partial charge in [-0.05, 0) is 38.8 Å². The number of nitrogens with one attached hydrogen (secondary N) is 1. The first-order chi connectivity index (χ1) is 7.42. The van der Waals surface area contributed by atoms with Crippen LogP contribution in [-0.2, 0) is 0 Å². The molecule has 0 bridgehead atoms. The summed E-state index contributed by atoms with van der Waals surface area (Å²) in [6.45, 7) is 6.04. The van der Waals surface area contributed by atoms with Crippen molar-refractivity contribution in [3.63, 3.8) is 0 Å². The molecule has 0 aromatic heterocycles.